The average molecular weight is 302 g/mol. The van der Waals surface area contributed by atoms with E-state index in [9.17, 15) is 4.79 Å². The van der Waals surface area contributed by atoms with E-state index in [4.69, 9.17) is 9.31 Å². The number of hydrogen-bond donors (Lipinski definition) is 1. The summed E-state index contributed by atoms with van der Waals surface area (Å²) >= 11 is 0. The van der Waals surface area contributed by atoms with Gasteiger partial charge in [0, 0.05) is 6.54 Å². The van der Waals surface area contributed by atoms with Crippen LogP contribution < -0.4 is 5.32 Å². The number of nitrogens with zero attached hydrogens (tertiary/aromatic N) is 1. The lowest BCUT2D eigenvalue weighted by Crippen LogP contribution is -2.41. The smallest absolute Gasteiger partial charge is 0.400 e. The summed E-state index contributed by atoms with van der Waals surface area (Å²) in [6.07, 6.45) is 2.65. The Morgan fingerprint density at radius 3 is 2.36 bits per heavy atom. The molecule has 118 valence electrons. The predicted octanol–water partition coefficient (Wildman–Crippen LogP) is 2.13. The number of rotatable bonds is 5. The molecule has 1 saturated heterocycles. The summed E-state index contributed by atoms with van der Waals surface area (Å²) in [5, 5.41) is 3.12. The summed E-state index contributed by atoms with van der Waals surface area (Å²) in [7, 11) is 1.44. The highest BCUT2D eigenvalue weighted by Gasteiger charge is 2.52. The number of carbonyl (C=O) groups excluding carboxylic acids is 1. The first-order chi connectivity index (χ1) is 10.3. The van der Waals surface area contributed by atoms with Gasteiger partial charge in [-0.25, -0.2) is 4.98 Å². The van der Waals surface area contributed by atoms with E-state index in [0.717, 1.165) is 11.8 Å². The molecule has 0 amide bonds. The summed E-state index contributed by atoms with van der Waals surface area (Å²) in [5.41, 5.74) is 1.29. The number of aromatic nitrogens is 1. The van der Waals surface area contributed by atoms with Gasteiger partial charge in [-0.05, 0) is 58.4 Å². The molecule has 0 saturated carbocycles. The quantitative estimate of drug-likeness (QED) is 0.667. The molecule has 2 heterocycles. The van der Waals surface area contributed by atoms with Crippen LogP contribution in [-0.4, -0.2) is 43.2 Å². The number of hydrogen-bond acceptors (Lipinski definition) is 5. The Morgan fingerprint density at radius 2 is 1.82 bits per heavy atom. The highest BCUT2D eigenvalue weighted by atomic mass is 16.7. The van der Waals surface area contributed by atoms with Gasteiger partial charge >= 0.3 is 7.12 Å². The molecule has 1 N–H and O–H groups in total. The molecule has 1 aliphatic heterocycles. The first kappa shape index (κ1) is 16.9. The number of pyridine rings is 1. The van der Waals surface area contributed by atoms with Crippen molar-refractivity contribution in [3.8, 4) is 0 Å². The van der Waals surface area contributed by atoms with Gasteiger partial charge < -0.3 is 14.6 Å². The predicted molar refractivity (Wildman–Crippen MR) is 87.6 cm³/mol. The standard InChI is InChI=1S/C16H23BN2O3/c1-15(2)16(3,4)22-17(21-15)12(10-18-5)9-13-7-6-8-14(11-20)19-13/h6-9,11,18H,10H2,1-5H3. The van der Waals surface area contributed by atoms with E-state index in [-0.39, 0.29) is 11.2 Å². The second-order valence-electron chi connectivity index (χ2n) is 6.44. The molecule has 1 aromatic rings. The number of aldehydes is 1. The molecule has 1 aliphatic rings. The van der Waals surface area contributed by atoms with Crippen molar-refractivity contribution >= 4 is 19.5 Å². The first-order valence-electron chi connectivity index (χ1n) is 7.42. The Kier molecular flexibility index (Phi) is 4.85. The van der Waals surface area contributed by atoms with Gasteiger partial charge in [-0.2, -0.15) is 0 Å². The zero-order valence-corrected chi connectivity index (χ0v) is 13.8. The molecule has 0 unspecified atom stereocenters. The maximum atomic E-state index is 10.9. The SMILES string of the molecule is CNCC(=Cc1cccc(C=O)n1)B1OC(C)(C)C(C)(C)O1. The van der Waals surface area contributed by atoms with Crippen LogP contribution in [0.2, 0.25) is 0 Å². The van der Waals surface area contributed by atoms with Crippen LogP contribution in [0.5, 0.6) is 0 Å². The second kappa shape index (κ2) is 6.32. The fourth-order valence-corrected chi connectivity index (χ4v) is 2.21. The molecule has 0 radical (unpaired) electrons. The average Bonchev–Trinajstić information content (AvgIpc) is 2.67. The van der Waals surface area contributed by atoms with Crippen LogP contribution in [0.15, 0.2) is 23.7 Å². The molecule has 22 heavy (non-hydrogen) atoms. The van der Waals surface area contributed by atoms with Crippen LogP contribution in [0.3, 0.4) is 0 Å². The van der Waals surface area contributed by atoms with Crippen molar-refractivity contribution in [3.63, 3.8) is 0 Å². The van der Waals surface area contributed by atoms with E-state index in [1.165, 1.54) is 0 Å². The van der Waals surface area contributed by atoms with Gasteiger partial charge in [0.25, 0.3) is 0 Å². The van der Waals surface area contributed by atoms with Gasteiger partial charge in [0.05, 0.1) is 16.9 Å². The molecular formula is C16H23BN2O3. The third kappa shape index (κ3) is 3.46. The van der Waals surface area contributed by atoms with E-state index in [1.807, 2.05) is 53.0 Å². The molecule has 0 aromatic carbocycles. The van der Waals surface area contributed by atoms with Crippen LogP contribution in [-0.2, 0) is 9.31 Å². The molecule has 1 fully saturated rings. The lowest BCUT2D eigenvalue weighted by Gasteiger charge is -2.32. The Hall–Kier alpha value is -1.50. The van der Waals surface area contributed by atoms with Gasteiger partial charge in [0.15, 0.2) is 6.29 Å². The second-order valence-corrected chi connectivity index (χ2v) is 6.44. The molecule has 2 rings (SSSR count). The van der Waals surface area contributed by atoms with Crippen molar-refractivity contribution in [1.82, 2.24) is 10.3 Å². The van der Waals surface area contributed by atoms with E-state index in [0.29, 0.717) is 17.9 Å². The van der Waals surface area contributed by atoms with Crippen molar-refractivity contribution in [3.05, 3.63) is 35.1 Å². The molecule has 0 atom stereocenters. The monoisotopic (exact) mass is 302 g/mol. The topological polar surface area (TPSA) is 60.5 Å². The highest BCUT2D eigenvalue weighted by molar-refractivity contribution is 6.55. The van der Waals surface area contributed by atoms with Crippen LogP contribution in [0.25, 0.3) is 6.08 Å². The maximum Gasteiger partial charge on any atom is 0.491 e. The highest BCUT2D eigenvalue weighted by Crippen LogP contribution is 2.38. The lowest BCUT2D eigenvalue weighted by molar-refractivity contribution is 0.00578. The van der Waals surface area contributed by atoms with Crippen molar-refractivity contribution < 1.29 is 14.1 Å². The van der Waals surface area contributed by atoms with E-state index < -0.39 is 7.12 Å². The summed E-state index contributed by atoms with van der Waals surface area (Å²) in [6, 6.07) is 5.34. The van der Waals surface area contributed by atoms with Crippen molar-refractivity contribution in [2.45, 2.75) is 38.9 Å². The van der Waals surface area contributed by atoms with E-state index in [1.54, 1.807) is 6.07 Å². The van der Waals surface area contributed by atoms with Gasteiger partial charge in [0.2, 0.25) is 0 Å². The Morgan fingerprint density at radius 1 is 1.23 bits per heavy atom. The van der Waals surface area contributed by atoms with Crippen molar-refractivity contribution in [1.29, 1.82) is 0 Å². The van der Waals surface area contributed by atoms with Gasteiger partial charge in [-0.3, -0.25) is 4.79 Å². The van der Waals surface area contributed by atoms with Gasteiger partial charge in [-0.15, -0.1) is 0 Å². The summed E-state index contributed by atoms with van der Waals surface area (Å²) in [5.74, 6) is 0. The minimum absolute atomic E-state index is 0.386. The van der Waals surface area contributed by atoms with Crippen LogP contribution in [0, 0.1) is 0 Å². The Labute approximate surface area is 132 Å². The third-order valence-corrected chi connectivity index (χ3v) is 4.18. The number of likely N-dealkylation sites (N-methyl/N-ethyl adjacent to an activating group) is 1. The fraction of sp³-hybridized carbons (Fsp3) is 0.500. The Bertz CT molecular complexity index is 569. The third-order valence-electron chi connectivity index (χ3n) is 4.18. The molecular weight excluding hydrogens is 279 g/mol. The van der Waals surface area contributed by atoms with Crippen LogP contribution in [0.1, 0.15) is 43.9 Å². The Balaban J connectivity index is 2.30. The maximum absolute atomic E-state index is 10.9. The number of nitrogens with one attached hydrogen (secondary N) is 1. The van der Waals surface area contributed by atoms with E-state index >= 15 is 0 Å². The molecule has 5 nitrogen and oxygen atoms in total. The fourth-order valence-electron chi connectivity index (χ4n) is 2.21. The summed E-state index contributed by atoms with van der Waals surface area (Å²) in [4.78, 5) is 15.1. The van der Waals surface area contributed by atoms with Gasteiger partial charge in [0.1, 0.15) is 5.69 Å². The minimum atomic E-state index is -0.431. The zero-order valence-electron chi connectivity index (χ0n) is 13.8. The summed E-state index contributed by atoms with van der Waals surface area (Å²) < 4.78 is 12.2. The molecule has 0 aliphatic carbocycles. The largest absolute Gasteiger partial charge is 0.491 e. The van der Waals surface area contributed by atoms with Crippen molar-refractivity contribution in [2.75, 3.05) is 13.6 Å². The lowest BCUT2D eigenvalue weighted by atomic mass is 9.77. The molecule has 1 aromatic heterocycles. The summed E-state index contributed by atoms with van der Waals surface area (Å²) in [6.45, 7) is 8.71. The van der Waals surface area contributed by atoms with E-state index in [2.05, 4.69) is 10.3 Å². The minimum Gasteiger partial charge on any atom is -0.400 e. The molecule has 0 spiro atoms. The van der Waals surface area contributed by atoms with Gasteiger partial charge in [-0.1, -0.05) is 6.07 Å². The normalized spacial score (nSPS) is 20.2. The molecule has 0 bridgehead atoms. The van der Waals surface area contributed by atoms with Crippen molar-refractivity contribution in [2.24, 2.45) is 0 Å². The van der Waals surface area contributed by atoms with Crippen LogP contribution >= 0.6 is 0 Å². The number of carbonyl (C=O) groups is 1. The molecule has 6 heteroatoms. The van der Waals surface area contributed by atoms with Crippen LogP contribution in [0.4, 0.5) is 0 Å². The first-order valence-corrected chi connectivity index (χ1v) is 7.42. The zero-order chi connectivity index (χ0) is 16.4.